The largest absolute Gasteiger partial charge is 0.394 e. The Balaban J connectivity index is 2.09. The van der Waals surface area contributed by atoms with Crippen molar-refractivity contribution in [1.82, 2.24) is 0 Å². The second kappa shape index (κ2) is 5.35. The summed E-state index contributed by atoms with van der Waals surface area (Å²) in [7, 11) is 0. The highest BCUT2D eigenvalue weighted by molar-refractivity contribution is 5.12. The van der Waals surface area contributed by atoms with Gasteiger partial charge in [-0.1, -0.05) is 0 Å². The lowest BCUT2D eigenvalue weighted by molar-refractivity contribution is -0.0687. The van der Waals surface area contributed by atoms with E-state index in [0.29, 0.717) is 0 Å². The van der Waals surface area contributed by atoms with Crippen LogP contribution in [0.15, 0.2) is 0 Å². The fourth-order valence-corrected chi connectivity index (χ4v) is 2.20. The summed E-state index contributed by atoms with van der Waals surface area (Å²) in [5.74, 6) is 0. The molecule has 8 nitrogen and oxygen atoms in total. The molecule has 2 heterocycles. The quantitative estimate of drug-likeness (QED) is 0.304. The zero-order valence-corrected chi connectivity index (χ0v) is 9.46. The summed E-state index contributed by atoms with van der Waals surface area (Å²) in [5, 5.41) is 56.5. The van der Waals surface area contributed by atoms with Gasteiger partial charge >= 0.3 is 0 Å². The first-order chi connectivity index (χ1) is 8.51. The van der Waals surface area contributed by atoms with Crippen LogP contribution in [-0.2, 0) is 9.47 Å². The Morgan fingerprint density at radius 2 is 1.44 bits per heavy atom. The van der Waals surface area contributed by atoms with Crippen molar-refractivity contribution in [3.05, 3.63) is 6.10 Å². The predicted octanol–water partition coefficient (Wildman–Crippen LogP) is -3.89. The molecule has 2 fully saturated rings. The molecule has 2 aliphatic rings. The summed E-state index contributed by atoms with van der Waals surface area (Å²) >= 11 is 0. The molecule has 0 bridgehead atoms. The molecule has 8 heteroatoms. The minimum Gasteiger partial charge on any atom is -0.394 e. The number of hydrogen-bond acceptors (Lipinski definition) is 8. The smallest absolute Gasteiger partial charge is 0.160 e. The topological polar surface area (TPSA) is 140 Å². The maximum Gasteiger partial charge on any atom is 0.160 e. The zero-order chi connectivity index (χ0) is 13.4. The Labute approximate surface area is 103 Å². The predicted molar refractivity (Wildman–Crippen MR) is 55.0 cm³/mol. The molecule has 2 rings (SSSR count). The molecule has 2 saturated heterocycles. The minimum absolute atomic E-state index is 0.149. The van der Waals surface area contributed by atoms with Gasteiger partial charge in [0.2, 0.25) is 0 Å². The van der Waals surface area contributed by atoms with Gasteiger partial charge in [0.05, 0.1) is 13.2 Å². The number of hydrogen-bond donors (Lipinski definition) is 6. The van der Waals surface area contributed by atoms with Crippen molar-refractivity contribution in [1.29, 1.82) is 0 Å². The first kappa shape index (κ1) is 14.1. The van der Waals surface area contributed by atoms with E-state index in [1.807, 2.05) is 0 Å². The van der Waals surface area contributed by atoms with Crippen molar-refractivity contribution < 1.29 is 40.1 Å². The Hall–Kier alpha value is -0.320. The Kier molecular flexibility index (Phi) is 4.19. The third kappa shape index (κ3) is 2.15. The van der Waals surface area contributed by atoms with Gasteiger partial charge in [0, 0.05) is 0 Å². The molecular weight excluding hydrogens is 248 g/mol. The summed E-state index contributed by atoms with van der Waals surface area (Å²) < 4.78 is 10.3. The van der Waals surface area contributed by atoms with Gasteiger partial charge in [-0.05, 0) is 0 Å². The monoisotopic (exact) mass is 265 g/mol. The van der Waals surface area contributed by atoms with E-state index in [4.69, 9.17) is 19.7 Å². The van der Waals surface area contributed by atoms with E-state index in [9.17, 15) is 20.4 Å². The highest BCUT2D eigenvalue weighted by Gasteiger charge is 2.55. The van der Waals surface area contributed by atoms with E-state index in [1.54, 1.807) is 0 Å². The van der Waals surface area contributed by atoms with E-state index in [1.165, 1.54) is 0 Å². The van der Waals surface area contributed by atoms with Crippen molar-refractivity contribution in [3.8, 4) is 0 Å². The van der Waals surface area contributed by atoms with E-state index >= 15 is 0 Å². The molecule has 2 aliphatic heterocycles. The molecule has 0 spiro atoms. The average molecular weight is 265 g/mol. The van der Waals surface area contributed by atoms with Crippen molar-refractivity contribution in [2.45, 2.75) is 42.7 Å². The molecule has 18 heavy (non-hydrogen) atoms. The number of rotatable bonds is 3. The van der Waals surface area contributed by atoms with Crippen LogP contribution >= 0.6 is 0 Å². The number of aliphatic hydroxyl groups excluding tert-OH is 6. The molecule has 0 amide bonds. The van der Waals surface area contributed by atoms with Crippen LogP contribution in [-0.4, -0.2) is 86.6 Å². The lowest BCUT2D eigenvalue weighted by atomic mass is 9.99. The van der Waals surface area contributed by atoms with Gasteiger partial charge < -0.3 is 40.1 Å². The van der Waals surface area contributed by atoms with Gasteiger partial charge in [0.25, 0.3) is 0 Å². The number of ether oxygens (including phenoxy) is 2. The molecule has 6 N–H and O–H groups in total. The van der Waals surface area contributed by atoms with Crippen LogP contribution in [0.5, 0.6) is 0 Å². The van der Waals surface area contributed by atoms with Crippen LogP contribution in [0.1, 0.15) is 0 Å². The van der Waals surface area contributed by atoms with E-state index in [0.717, 1.165) is 0 Å². The molecule has 0 saturated carbocycles. The summed E-state index contributed by atoms with van der Waals surface area (Å²) in [6, 6.07) is 0. The van der Waals surface area contributed by atoms with Gasteiger partial charge in [-0.25, -0.2) is 0 Å². The van der Waals surface area contributed by atoms with Gasteiger partial charge in [0.15, 0.2) is 6.10 Å². The maximum atomic E-state index is 9.74. The van der Waals surface area contributed by atoms with E-state index in [-0.39, 0.29) is 6.10 Å². The first-order valence-electron chi connectivity index (χ1n) is 5.64. The third-order valence-corrected chi connectivity index (χ3v) is 3.29. The minimum atomic E-state index is -1.42. The van der Waals surface area contributed by atoms with Crippen molar-refractivity contribution >= 4 is 0 Å². The molecular formula is C10H17O8. The standard InChI is InChI=1S/C10H17O8/c11-1-3-5(13)7(15)9(17-3)10-8(16)6(14)4(2-12)18-10/h3-9,11-16H,1-2H2/t3-,4-,5-,6-,7+,8-,9?/m1/s1. The van der Waals surface area contributed by atoms with Crippen LogP contribution in [0.2, 0.25) is 0 Å². The van der Waals surface area contributed by atoms with Crippen molar-refractivity contribution in [2.24, 2.45) is 0 Å². The number of aliphatic hydroxyl groups is 6. The van der Waals surface area contributed by atoms with E-state index in [2.05, 4.69) is 0 Å². The molecule has 1 unspecified atom stereocenters. The Bertz CT molecular complexity index is 259. The first-order valence-corrected chi connectivity index (χ1v) is 5.64. The van der Waals surface area contributed by atoms with Crippen molar-refractivity contribution in [2.75, 3.05) is 13.2 Å². The highest BCUT2D eigenvalue weighted by Crippen LogP contribution is 2.37. The SMILES string of the molecule is OC[C@H]1O[C](C2O[C@H](CO)[C@@H](O)[C@@H]2O)[C@H](O)[C@@H]1O. The molecule has 0 aromatic carbocycles. The van der Waals surface area contributed by atoms with Gasteiger partial charge in [-0.2, -0.15) is 0 Å². The van der Waals surface area contributed by atoms with Crippen LogP contribution in [0.3, 0.4) is 0 Å². The zero-order valence-electron chi connectivity index (χ0n) is 9.46. The molecule has 7 atom stereocenters. The second-order valence-corrected chi connectivity index (χ2v) is 4.44. The fourth-order valence-electron chi connectivity index (χ4n) is 2.20. The van der Waals surface area contributed by atoms with E-state index < -0.39 is 55.9 Å². The summed E-state index contributed by atoms with van der Waals surface area (Å²) in [6.45, 7) is -0.999. The van der Waals surface area contributed by atoms with Crippen LogP contribution in [0, 0.1) is 6.10 Å². The second-order valence-electron chi connectivity index (χ2n) is 4.44. The summed E-state index contributed by atoms with van der Waals surface area (Å²) in [6.07, 6.45) is -8.74. The lowest BCUT2D eigenvalue weighted by Crippen LogP contribution is -2.40. The summed E-state index contributed by atoms with van der Waals surface area (Å²) in [5.41, 5.74) is 0. The summed E-state index contributed by atoms with van der Waals surface area (Å²) in [4.78, 5) is 0. The van der Waals surface area contributed by atoms with Crippen molar-refractivity contribution in [3.63, 3.8) is 0 Å². The Morgan fingerprint density at radius 1 is 0.833 bits per heavy atom. The normalized spacial score (nSPS) is 50.0. The molecule has 0 aromatic heterocycles. The van der Waals surface area contributed by atoms with Gasteiger partial charge in [0.1, 0.15) is 42.7 Å². The molecule has 105 valence electrons. The lowest BCUT2D eigenvalue weighted by Gasteiger charge is -2.22. The Morgan fingerprint density at radius 3 is 1.89 bits per heavy atom. The van der Waals surface area contributed by atoms with Crippen LogP contribution in [0.4, 0.5) is 0 Å². The van der Waals surface area contributed by atoms with Gasteiger partial charge in [-0.3, -0.25) is 0 Å². The van der Waals surface area contributed by atoms with Crippen LogP contribution < -0.4 is 0 Å². The molecule has 0 aliphatic carbocycles. The van der Waals surface area contributed by atoms with Gasteiger partial charge in [-0.15, -0.1) is 0 Å². The van der Waals surface area contributed by atoms with Crippen LogP contribution in [0.25, 0.3) is 0 Å². The molecule has 1 radical (unpaired) electrons. The average Bonchev–Trinajstić information content (AvgIpc) is 2.81. The highest BCUT2D eigenvalue weighted by atomic mass is 16.6. The third-order valence-electron chi connectivity index (χ3n) is 3.29. The fraction of sp³-hybridized carbons (Fsp3) is 0.900. The molecule has 0 aromatic rings. The maximum absolute atomic E-state index is 9.74.